The largest absolute Gasteiger partial charge is 0.453 e. The fourth-order valence-corrected chi connectivity index (χ4v) is 3.75. The molecule has 29 heavy (non-hydrogen) atoms. The number of aromatic nitrogens is 2. The Bertz CT molecular complexity index is 929. The Morgan fingerprint density at radius 1 is 1.21 bits per heavy atom. The number of hydrogen-bond donors (Lipinski definition) is 1. The summed E-state index contributed by atoms with van der Waals surface area (Å²) >= 11 is 0. The first kappa shape index (κ1) is 21.0. The number of nitrogens with zero attached hydrogens (tertiary/aromatic N) is 2. The Morgan fingerprint density at radius 3 is 2.62 bits per heavy atom. The number of ether oxygens (including phenoxy) is 1. The first-order chi connectivity index (χ1) is 14.0. The van der Waals surface area contributed by atoms with E-state index in [4.69, 9.17) is 4.74 Å². The van der Waals surface area contributed by atoms with Crippen LogP contribution in [-0.4, -0.2) is 33.6 Å². The maximum atomic E-state index is 12.4. The average molecular weight is 399 g/mol. The molecule has 1 aromatic heterocycles. The lowest BCUT2D eigenvalue weighted by atomic mass is 10.1. The highest BCUT2D eigenvalue weighted by Crippen LogP contribution is 2.17. The number of esters is 1. The van der Waals surface area contributed by atoms with Gasteiger partial charge in [-0.05, 0) is 31.9 Å². The van der Waals surface area contributed by atoms with Crippen molar-refractivity contribution in [3.05, 3.63) is 40.4 Å². The molecule has 0 bridgehead atoms. The highest BCUT2D eigenvalue weighted by molar-refractivity contribution is 5.83. The third-order valence-corrected chi connectivity index (χ3v) is 5.51. The van der Waals surface area contributed by atoms with E-state index < -0.39 is 12.1 Å². The molecule has 7 nitrogen and oxygen atoms in total. The fraction of sp³-hybridized carbons (Fsp3) is 0.545. The summed E-state index contributed by atoms with van der Waals surface area (Å²) in [5, 5.41) is 3.55. The van der Waals surface area contributed by atoms with E-state index in [1.807, 2.05) is 6.07 Å². The summed E-state index contributed by atoms with van der Waals surface area (Å²) in [6.07, 6.45) is 6.12. The summed E-state index contributed by atoms with van der Waals surface area (Å²) in [5.41, 5.74) is 0.463. The minimum Gasteiger partial charge on any atom is -0.453 e. The predicted molar refractivity (Wildman–Crippen MR) is 110 cm³/mol. The zero-order valence-corrected chi connectivity index (χ0v) is 17.1. The maximum Gasteiger partial charge on any atom is 0.307 e. The zero-order chi connectivity index (χ0) is 20.8. The molecule has 0 spiro atoms. The summed E-state index contributed by atoms with van der Waals surface area (Å²) in [5.74, 6) is -0.210. The molecule has 3 rings (SSSR count). The molecule has 1 saturated carbocycles. The van der Waals surface area contributed by atoms with E-state index in [0.29, 0.717) is 16.7 Å². The van der Waals surface area contributed by atoms with E-state index in [9.17, 15) is 14.4 Å². The maximum absolute atomic E-state index is 12.4. The minimum atomic E-state index is -0.834. The quantitative estimate of drug-likeness (QED) is 0.596. The second-order valence-electron chi connectivity index (χ2n) is 7.74. The number of fused-ring (bicyclic) bond motifs is 1. The van der Waals surface area contributed by atoms with Crippen LogP contribution in [0.25, 0.3) is 10.9 Å². The molecule has 0 radical (unpaired) electrons. The smallest absolute Gasteiger partial charge is 0.307 e. The van der Waals surface area contributed by atoms with E-state index in [0.717, 1.165) is 25.7 Å². The Labute approximate surface area is 170 Å². The normalized spacial score (nSPS) is 16.2. The van der Waals surface area contributed by atoms with E-state index in [-0.39, 0.29) is 30.3 Å². The van der Waals surface area contributed by atoms with Crippen molar-refractivity contribution in [2.24, 2.45) is 7.05 Å². The number of amides is 1. The minimum absolute atomic E-state index is 0.0552. The lowest BCUT2D eigenvalue weighted by molar-refractivity contribution is -0.155. The first-order valence-corrected chi connectivity index (χ1v) is 10.4. The van der Waals surface area contributed by atoms with Gasteiger partial charge in [0, 0.05) is 19.5 Å². The standard InChI is InChI=1S/C22H29N3O4/c1-15(21(27)23-16-9-5-3-4-6-10-16)29-20(26)14-13-19-24-18-12-8-7-11-17(18)22(28)25(19)2/h7-8,11-12,15-16H,3-6,9-10,13-14H2,1-2H3,(H,23,27)/t15-/m0/s1. The van der Waals surface area contributed by atoms with Crippen LogP contribution in [0.15, 0.2) is 29.1 Å². The van der Waals surface area contributed by atoms with Crippen LogP contribution in [0.4, 0.5) is 0 Å². The summed E-state index contributed by atoms with van der Waals surface area (Å²) in [6.45, 7) is 1.59. The summed E-state index contributed by atoms with van der Waals surface area (Å²) in [4.78, 5) is 41.5. The molecule has 1 aliphatic rings. The molecule has 1 aromatic carbocycles. The highest BCUT2D eigenvalue weighted by Gasteiger charge is 2.22. The average Bonchev–Trinajstić information content (AvgIpc) is 2.98. The SMILES string of the molecule is C[C@H](OC(=O)CCc1nc2ccccc2c(=O)n1C)C(=O)NC1CCCCCC1. The molecule has 2 aromatic rings. The molecule has 156 valence electrons. The molecular weight excluding hydrogens is 370 g/mol. The zero-order valence-electron chi connectivity index (χ0n) is 17.1. The molecule has 1 heterocycles. The predicted octanol–water partition coefficient (Wildman–Crippen LogP) is 2.64. The van der Waals surface area contributed by atoms with Gasteiger partial charge in [0.25, 0.3) is 11.5 Å². The monoisotopic (exact) mass is 399 g/mol. The van der Waals surface area contributed by atoms with Crippen molar-refractivity contribution in [1.29, 1.82) is 0 Å². The molecule has 0 saturated heterocycles. The van der Waals surface area contributed by atoms with Crippen molar-refractivity contribution in [3.63, 3.8) is 0 Å². The highest BCUT2D eigenvalue weighted by atomic mass is 16.5. The van der Waals surface area contributed by atoms with Gasteiger partial charge in [-0.15, -0.1) is 0 Å². The van der Waals surface area contributed by atoms with Gasteiger partial charge in [0.2, 0.25) is 0 Å². The number of carbonyl (C=O) groups excluding carboxylic acids is 2. The lowest BCUT2D eigenvalue weighted by Crippen LogP contribution is -2.41. The van der Waals surface area contributed by atoms with Crippen LogP contribution in [-0.2, 0) is 27.8 Å². The van der Waals surface area contributed by atoms with E-state index >= 15 is 0 Å². The third kappa shape index (κ3) is 5.43. The Balaban J connectivity index is 1.54. The van der Waals surface area contributed by atoms with Gasteiger partial charge < -0.3 is 10.1 Å². The third-order valence-electron chi connectivity index (χ3n) is 5.51. The van der Waals surface area contributed by atoms with Gasteiger partial charge in [-0.25, -0.2) is 4.98 Å². The molecule has 1 N–H and O–H groups in total. The number of hydrogen-bond acceptors (Lipinski definition) is 5. The van der Waals surface area contributed by atoms with Gasteiger partial charge in [0.15, 0.2) is 6.10 Å². The first-order valence-electron chi connectivity index (χ1n) is 10.4. The van der Waals surface area contributed by atoms with Crippen LogP contribution < -0.4 is 10.9 Å². The summed E-state index contributed by atoms with van der Waals surface area (Å²) < 4.78 is 6.75. The second kappa shape index (κ2) is 9.67. The van der Waals surface area contributed by atoms with Gasteiger partial charge in [0.1, 0.15) is 5.82 Å². The fourth-order valence-electron chi connectivity index (χ4n) is 3.75. The van der Waals surface area contributed by atoms with Crippen molar-refractivity contribution in [3.8, 4) is 0 Å². The Morgan fingerprint density at radius 2 is 1.90 bits per heavy atom. The molecule has 1 fully saturated rings. The number of benzene rings is 1. The molecule has 0 aliphatic heterocycles. The lowest BCUT2D eigenvalue weighted by Gasteiger charge is -2.19. The Kier molecular flexibility index (Phi) is 7.01. The number of rotatable bonds is 6. The molecule has 1 amide bonds. The Hall–Kier alpha value is -2.70. The van der Waals surface area contributed by atoms with Crippen molar-refractivity contribution < 1.29 is 14.3 Å². The topological polar surface area (TPSA) is 90.3 Å². The van der Waals surface area contributed by atoms with Crippen LogP contribution in [0.2, 0.25) is 0 Å². The summed E-state index contributed by atoms with van der Waals surface area (Å²) in [6, 6.07) is 7.30. The molecule has 0 unspecified atom stereocenters. The van der Waals surface area contributed by atoms with Crippen molar-refractivity contribution in [2.75, 3.05) is 0 Å². The van der Waals surface area contributed by atoms with Gasteiger partial charge in [-0.2, -0.15) is 0 Å². The molecule has 7 heteroatoms. The number of carbonyl (C=O) groups is 2. The van der Waals surface area contributed by atoms with Gasteiger partial charge in [-0.3, -0.25) is 19.0 Å². The van der Waals surface area contributed by atoms with Crippen molar-refractivity contribution in [1.82, 2.24) is 14.9 Å². The van der Waals surface area contributed by atoms with Crippen LogP contribution in [0, 0.1) is 0 Å². The van der Waals surface area contributed by atoms with Crippen LogP contribution in [0.3, 0.4) is 0 Å². The van der Waals surface area contributed by atoms with Gasteiger partial charge >= 0.3 is 5.97 Å². The summed E-state index contributed by atoms with van der Waals surface area (Å²) in [7, 11) is 1.64. The van der Waals surface area contributed by atoms with Crippen LogP contribution in [0.5, 0.6) is 0 Å². The van der Waals surface area contributed by atoms with Crippen LogP contribution in [0.1, 0.15) is 57.7 Å². The van der Waals surface area contributed by atoms with Crippen LogP contribution >= 0.6 is 0 Å². The van der Waals surface area contributed by atoms with Crippen molar-refractivity contribution >= 4 is 22.8 Å². The number of aryl methyl sites for hydroxylation is 1. The van der Waals surface area contributed by atoms with Gasteiger partial charge in [-0.1, -0.05) is 37.8 Å². The molecule has 1 aliphatic carbocycles. The van der Waals surface area contributed by atoms with Crippen molar-refractivity contribution in [2.45, 2.75) is 70.4 Å². The number of nitrogens with one attached hydrogen (secondary N) is 1. The number of para-hydroxylation sites is 1. The second-order valence-corrected chi connectivity index (χ2v) is 7.74. The van der Waals surface area contributed by atoms with Gasteiger partial charge in [0.05, 0.1) is 17.3 Å². The van der Waals surface area contributed by atoms with E-state index in [1.165, 1.54) is 17.4 Å². The molecular formula is C22H29N3O4. The van der Waals surface area contributed by atoms with E-state index in [2.05, 4.69) is 10.3 Å². The van der Waals surface area contributed by atoms with E-state index in [1.54, 1.807) is 32.2 Å². The molecule has 1 atom stereocenters.